The standard InChI is InChI=1S/C9H15BrO/c1-2-3-9-5-4-8(6-10)7-11-9/h2,8-9H,1,3-7H2/t8-,9-/m0/s1. The molecule has 1 aliphatic heterocycles. The smallest absolute Gasteiger partial charge is 0.0609 e. The summed E-state index contributed by atoms with van der Waals surface area (Å²) >= 11 is 3.47. The summed E-state index contributed by atoms with van der Waals surface area (Å²) in [6.07, 6.45) is 5.89. The van der Waals surface area contributed by atoms with Crippen LogP contribution in [0.2, 0.25) is 0 Å². The van der Waals surface area contributed by atoms with Gasteiger partial charge in [0.25, 0.3) is 0 Å². The molecule has 1 aliphatic rings. The van der Waals surface area contributed by atoms with E-state index < -0.39 is 0 Å². The average Bonchev–Trinajstić information content (AvgIpc) is 2.07. The molecule has 0 aromatic rings. The molecule has 11 heavy (non-hydrogen) atoms. The number of alkyl halides is 1. The zero-order valence-corrected chi connectivity index (χ0v) is 8.35. The van der Waals surface area contributed by atoms with Crippen molar-refractivity contribution in [3.63, 3.8) is 0 Å². The van der Waals surface area contributed by atoms with E-state index in [-0.39, 0.29) is 0 Å². The van der Waals surface area contributed by atoms with Crippen molar-refractivity contribution in [1.82, 2.24) is 0 Å². The highest BCUT2D eigenvalue weighted by atomic mass is 79.9. The lowest BCUT2D eigenvalue weighted by Crippen LogP contribution is -2.26. The van der Waals surface area contributed by atoms with Crippen LogP contribution < -0.4 is 0 Å². The summed E-state index contributed by atoms with van der Waals surface area (Å²) in [6.45, 7) is 4.63. The van der Waals surface area contributed by atoms with E-state index in [2.05, 4.69) is 22.5 Å². The normalized spacial score (nSPS) is 31.7. The Kier molecular flexibility index (Phi) is 4.16. The number of rotatable bonds is 3. The second-order valence-electron chi connectivity index (χ2n) is 3.08. The Hall–Kier alpha value is 0.180. The molecule has 0 bridgehead atoms. The fraction of sp³-hybridized carbons (Fsp3) is 0.778. The van der Waals surface area contributed by atoms with Crippen molar-refractivity contribution in [2.45, 2.75) is 25.4 Å². The van der Waals surface area contributed by atoms with Crippen molar-refractivity contribution in [3.8, 4) is 0 Å². The van der Waals surface area contributed by atoms with E-state index >= 15 is 0 Å². The summed E-state index contributed by atoms with van der Waals surface area (Å²) in [6, 6.07) is 0. The van der Waals surface area contributed by atoms with Gasteiger partial charge in [-0.3, -0.25) is 0 Å². The third-order valence-electron chi connectivity index (χ3n) is 2.11. The maximum absolute atomic E-state index is 5.62. The van der Waals surface area contributed by atoms with Crippen molar-refractivity contribution in [2.75, 3.05) is 11.9 Å². The lowest BCUT2D eigenvalue weighted by molar-refractivity contribution is -0.00709. The predicted molar refractivity (Wildman–Crippen MR) is 51.1 cm³/mol. The Morgan fingerprint density at radius 1 is 1.55 bits per heavy atom. The minimum Gasteiger partial charge on any atom is -0.378 e. The molecule has 0 spiro atoms. The first-order valence-corrected chi connectivity index (χ1v) is 5.27. The largest absolute Gasteiger partial charge is 0.378 e. The Bertz CT molecular complexity index is 117. The molecule has 64 valence electrons. The zero-order valence-electron chi connectivity index (χ0n) is 6.76. The van der Waals surface area contributed by atoms with Crippen molar-refractivity contribution in [1.29, 1.82) is 0 Å². The molecule has 1 fully saturated rings. The molecular formula is C9H15BrO. The average molecular weight is 219 g/mol. The molecule has 1 nitrogen and oxygen atoms in total. The number of ether oxygens (including phenoxy) is 1. The van der Waals surface area contributed by atoms with Crippen LogP contribution >= 0.6 is 15.9 Å². The van der Waals surface area contributed by atoms with Crippen LogP contribution in [-0.2, 0) is 4.74 Å². The lowest BCUT2D eigenvalue weighted by atomic mass is 9.99. The molecule has 2 heteroatoms. The van der Waals surface area contributed by atoms with Gasteiger partial charge < -0.3 is 4.74 Å². The highest BCUT2D eigenvalue weighted by Gasteiger charge is 2.19. The van der Waals surface area contributed by atoms with Crippen LogP contribution in [0.3, 0.4) is 0 Å². The molecule has 0 aromatic carbocycles. The topological polar surface area (TPSA) is 9.23 Å². The second kappa shape index (κ2) is 4.94. The van der Waals surface area contributed by atoms with E-state index in [1.54, 1.807) is 0 Å². The Morgan fingerprint density at radius 2 is 2.36 bits per heavy atom. The van der Waals surface area contributed by atoms with Crippen LogP contribution in [0.1, 0.15) is 19.3 Å². The second-order valence-corrected chi connectivity index (χ2v) is 3.72. The molecule has 0 N–H and O–H groups in total. The van der Waals surface area contributed by atoms with Gasteiger partial charge in [0.2, 0.25) is 0 Å². The minimum absolute atomic E-state index is 0.447. The number of halogens is 1. The zero-order chi connectivity index (χ0) is 8.10. The first kappa shape index (κ1) is 9.27. The van der Waals surface area contributed by atoms with Gasteiger partial charge in [-0.2, -0.15) is 0 Å². The molecule has 1 heterocycles. The Balaban J connectivity index is 2.18. The van der Waals surface area contributed by atoms with Crippen LogP contribution in [-0.4, -0.2) is 18.0 Å². The van der Waals surface area contributed by atoms with E-state index in [9.17, 15) is 0 Å². The molecule has 0 aliphatic carbocycles. The Labute approximate surface area is 76.9 Å². The minimum atomic E-state index is 0.447. The molecule has 0 radical (unpaired) electrons. The molecule has 1 rings (SSSR count). The third-order valence-corrected chi connectivity index (χ3v) is 3.03. The molecule has 0 aromatic heterocycles. The quantitative estimate of drug-likeness (QED) is 0.523. The van der Waals surface area contributed by atoms with Crippen LogP contribution in [0.5, 0.6) is 0 Å². The van der Waals surface area contributed by atoms with E-state index in [0.29, 0.717) is 6.10 Å². The predicted octanol–water partition coefficient (Wildman–Crippen LogP) is 2.75. The van der Waals surface area contributed by atoms with Gasteiger partial charge in [-0.15, -0.1) is 6.58 Å². The molecule has 2 atom stereocenters. The van der Waals surface area contributed by atoms with Crippen LogP contribution in [0, 0.1) is 5.92 Å². The monoisotopic (exact) mass is 218 g/mol. The van der Waals surface area contributed by atoms with Gasteiger partial charge in [0.15, 0.2) is 0 Å². The van der Waals surface area contributed by atoms with E-state index in [1.807, 2.05) is 6.08 Å². The summed E-state index contributed by atoms with van der Waals surface area (Å²) in [5, 5.41) is 1.08. The first-order valence-electron chi connectivity index (χ1n) is 4.15. The molecular weight excluding hydrogens is 204 g/mol. The molecule has 1 saturated heterocycles. The number of hydrogen-bond acceptors (Lipinski definition) is 1. The van der Waals surface area contributed by atoms with Crippen molar-refractivity contribution in [2.24, 2.45) is 5.92 Å². The van der Waals surface area contributed by atoms with Crippen LogP contribution in [0.15, 0.2) is 12.7 Å². The fourth-order valence-electron chi connectivity index (χ4n) is 1.35. The van der Waals surface area contributed by atoms with Gasteiger partial charge >= 0.3 is 0 Å². The van der Waals surface area contributed by atoms with Crippen molar-refractivity contribution in [3.05, 3.63) is 12.7 Å². The maximum Gasteiger partial charge on any atom is 0.0609 e. The summed E-state index contributed by atoms with van der Waals surface area (Å²) in [5.41, 5.74) is 0. The van der Waals surface area contributed by atoms with E-state index in [1.165, 1.54) is 12.8 Å². The molecule has 0 saturated carbocycles. The van der Waals surface area contributed by atoms with Gasteiger partial charge in [0, 0.05) is 5.33 Å². The highest BCUT2D eigenvalue weighted by Crippen LogP contribution is 2.22. The summed E-state index contributed by atoms with van der Waals surface area (Å²) in [4.78, 5) is 0. The summed E-state index contributed by atoms with van der Waals surface area (Å²) in [7, 11) is 0. The SMILES string of the molecule is C=CC[C@H]1CC[C@@H](CBr)CO1. The highest BCUT2D eigenvalue weighted by molar-refractivity contribution is 9.09. The lowest BCUT2D eigenvalue weighted by Gasteiger charge is -2.27. The molecule has 0 unspecified atom stereocenters. The van der Waals surface area contributed by atoms with Crippen molar-refractivity contribution >= 4 is 15.9 Å². The Morgan fingerprint density at radius 3 is 2.82 bits per heavy atom. The first-order chi connectivity index (χ1) is 5.36. The fourth-order valence-corrected chi connectivity index (χ4v) is 1.86. The van der Waals surface area contributed by atoms with Crippen molar-refractivity contribution < 1.29 is 4.74 Å². The van der Waals surface area contributed by atoms with E-state index in [0.717, 1.165) is 24.3 Å². The van der Waals surface area contributed by atoms with Gasteiger partial charge in [-0.25, -0.2) is 0 Å². The van der Waals surface area contributed by atoms with Gasteiger partial charge in [0.1, 0.15) is 0 Å². The van der Waals surface area contributed by atoms with Gasteiger partial charge in [0.05, 0.1) is 12.7 Å². The van der Waals surface area contributed by atoms with Gasteiger partial charge in [-0.1, -0.05) is 22.0 Å². The summed E-state index contributed by atoms with van der Waals surface area (Å²) < 4.78 is 5.62. The third kappa shape index (κ3) is 2.96. The van der Waals surface area contributed by atoms with Gasteiger partial charge in [-0.05, 0) is 25.2 Å². The summed E-state index contributed by atoms with van der Waals surface area (Å²) in [5.74, 6) is 0.732. The van der Waals surface area contributed by atoms with E-state index in [4.69, 9.17) is 4.74 Å². The van der Waals surface area contributed by atoms with Crippen LogP contribution in [0.4, 0.5) is 0 Å². The molecule has 0 amide bonds. The number of hydrogen-bond donors (Lipinski definition) is 0. The maximum atomic E-state index is 5.62. The van der Waals surface area contributed by atoms with Crippen LogP contribution in [0.25, 0.3) is 0 Å².